The molecule has 20 heavy (non-hydrogen) atoms. The van der Waals surface area contributed by atoms with Crippen LogP contribution < -0.4 is 10.1 Å². The van der Waals surface area contributed by atoms with Gasteiger partial charge in [0.15, 0.2) is 5.13 Å². The van der Waals surface area contributed by atoms with Gasteiger partial charge in [0, 0.05) is 23.2 Å². The number of rotatable bonds is 6. The molecule has 6 heteroatoms. The minimum Gasteiger partial charge on any atom is -0.493 e. The molecule has 4 nitrogen and oxygen atoms in total. The third-order valence-corrected chi connectivity index (χ3v) is 3.48. The van der Waals surface area contributed by atoms with Gasteiger partial charge in [-0.15, -0.1) is 22.9 Å². The predicted octanol–water partition coefficient (Wildman–Crippen LogP) is 3.78. The topological polar surface area (TPSA) is 51.2 Å². The summed E-state index contributed by atoms with van der Waals surface area (Å²) >= 11 is 6.91. The molecule has 0 radical (unpaired) electrons. The summed E-state index contributed by atoms with van der Waals surface area (Å²) in [6.07, 6.45) is 0.284. The van der Waals surface area contributed by atoms with Gasteiger partial charge in [-0.1, -0.05) is 12.1 Å². The molecule has 0 aliphatic carbocycles. The quantitative estimate of drug-likeness (QED) is 0.826. The van der Waals surface area contributed by atoms with E-state index in [1.807, 2.05) is 36.6 Å². The van der Waals surface area contributed by atoms with Crippen LogP contribution in [0.3, 0.4) is 0 Å². The van der Waals surface area contributed by atoms with E-state index in [0.29, 0.717) is 17.6 Å². The fourth-order valence-electron chi connectivity index (χ4n) is 1.68. The van der Waals surface area contributed by atoms with Gasteiger partial charge in [0.2, 0.25) is 5.91 Å². The number of carbonyl (C=O) groups excluding carboxylic acids is 1. The van der Waals surface area contributed by atoms with Gasteiger partial charge in [0.05, 0.1) is 12.3 Å². The van der Waals surface area contributed by atoms with Gasteiger partial charge in [-0.3, -0.25) is 4.79 Å². The Bertz CT molecular complexity index is 586. The molecule has 0 aliphatic rings. The Balaban J connectivity index is 2.18. The number of nitrogens with zero attached hydrogens (tertiary/aromatic N) is 1. The van der Waals surface area contributed by atoms with Gasteiger partial charge in [0.25, 0.3) is 0 Å². The largest absolute Gasteiger partial charge is 0.493 e. The summed E-state index contributed by atoms with van der Waals surface area (Å²) in [5.41, 5.74) is 1.71. The number of ether oxygens (including phenoxy) is 1. The minimum atomic E-state index is -0.126. The molecule has 1 aromatic carbocycles. The second-order valence-corrected chi connectivity index (χ2v) is 5.19. The van der Waals surface area contributed by atoms with Crippen LogP contribution in [-0.4, -0.2) is 23.4 Å². The lowest BCUT2D eigenvalue weighted by molar-refractivity contribution is -0.115. The second kappa shape index (κ2) is 7.26. The van der Waals surface area contributed by atoms with Crippen LogP contribution in [0.4, 0.5) is 5.13 Å². The van der Waals surface area contributed by atoms with Crippen LogP contribution in [0.15, 0.2) is 29.6 Å². The van der Waals surface area contributed by atoms with Crippen molar-refractivity contribution in [2.75, 3.05) is 17.8 Å². The molecule has 0 fully saturated rings. The number of thiazole rings is 1. The molecule has 0 spiro atoms. The third-order valence-electron chi connectivity index (χ3n) is 2.53. The predicted molar refractivity (Wildman–Crippen MR) is 82.7 cm³/mol. The first-order valence-electron chi connectivity index (χ1n) is 6.28. The Morgan fingerprint density at radius 2 is 2.25 bits per heavy atom. The standard InChI is InChI=1S/C14H15ClN2O2S/c1-2-19-12-6-4-3-5-10(12)11-9-20-14(16-11)17-13(18)7-8-15/h3-6,9H,2,7-8H2,1H3,(H,16,17,18). The summed E-state index contributed by atoms with van der Waals surface area (Å²) in [5.74, 6) is 0.968. The maximum absolute atomic E-state index is 11.5. The van der Waals surface area contributed by atoms with Gasteiger partial charge in [-0.25, -0.2) is 4.98 Å². The number of aromatic nitrogens is 1. The van der Waals surface area contributed by atoms with E-state index in [4.69, 9.17) is 16.3 Å². The van der Waals surface area contributed by atoms with E-state index in [9.17, 15) is 4.79 Å². The van der Waals surface area contributed by atoms with Gasteiger partial charge in [-0.05, 0) is 19.1 Å². The van der Waals surface area contributed by atoms with Crippen LogP contribution in [0.2, 0.25) is 0 Å². The molecule has 2 aromatic rings. The lowest BCUT2D eigenvalue weighted by atomic mass is 10.1. The van der Waals surface area contributed by atoms with Crippen LogP contribution in [0.5, 0.6) is 5.75 Å². The molecule has 1 heterocycles. The van der Waals surface area contributed by atoms with Crippen LogP contribution in [0.1, 0.15) is 13.3 Å². The zero-order chi connectivity index (χ0) is 14.4. The summed E-state index contributed by atoms with van der Waals surface area (Å²) in [4.78, 5) is 15.9. The monoisotopic (exact) mass is 310 g/mol. The number of hydrogen-bond donors (Lipinski definition) is 1. The Morgan fingerprint density at radius 1 is 1.45 bits per heavy atom. The molecular weight excluding hydrogens is 296 g/mol. The highest BCUT2D eigenvalue weighted by Gasteiger charge is 2.11. The Hall–Kier alpha value is -1.59. The van der Waals surface area contributed by atoms with E-state index in [0.717, 1.165) is 17.0 Å². The van der Waals surface area contributed by atoms with E-state index >= 15 is 0 Å². The average Bonchev–Trinajstić information content (AvgIpc) is 2.88. The van der Waals surface area contributed by atoms with Gasteiger partial charge in [-0.2, -0.15) is 0 Å². The van der Waals surface area contributed by atoms with Gasteiger partial charge < -0.3 is 10.1 Å². The lowest BCUT2D eigenvalue weighted by Gasteiger charge is -2.07. The molecular formula is C14H15ClN2O2S. The third kappa shape index (κ3) is 3.71. The van der Waals surface area contributed by atoms with Crippen molar-refractivity contribution in [1.82, 2.24) is 4.98 Å². The fraction of sp³-hybridized carbons (Fsp3) is 0.286. The summed E-state index contributed by atoms with van der Waals surface area (Å²) in [7, 11) is 0. The highest BCUT2D eigenvalue weighted by molar-refractivity contribution is 7.14. The van der Waals surface area contributed by atoms with Crippen molar-refractivity contribution in [3.8, 4) is 17.0 Å². The second-order valence-electron chi connectivity index (χ2n) is 3.95. The fourth-order valence-corrected chi connectivity index (χ4v) is 2.58. The molecule has 2 rings (SSSR count). The van der Waals surface area contributed by atoms with E-state index in [1.165, 1.54) is 11.3 Å². The van der Waals surface area contributed by atoms with Crippen molar-refractivity contribution in [2.45, 2.75) is 13.3 Å². The number of hydrogen-bond acceptors (Lipinski definition) is 4. The normalized spacial score (nSPS) is 10.3. The number of benzene rings is 1. The summed E-state index contributed by atoms with van der Waals surface area (Å²) in [6, 6.07) is 7.71. The first-order chi connectivity index (χ1) is 9.74. The zero-order valence-electron chi connectivity index (χ0n) is 11.1. The van der Waals surface area contributed by atoms with Crippen LogP contribution >= 0.6 is 22.9 Å². The lowest BCUT2D eigenvalue weighted by Crippen LogP contribution is -2.11. The Labute approximate surface area is 126 Å². The van der Waals surface area contributed by atoms with Crippen molar-refractivity contribution in [2.24, 2.45) is 0 Å². The molecule has 0 saturated carbocycles. The Morgan fingerprint density at radius 3 is 3.00 bits per heavy atom. The van der Waals surface area contributed by atoms with E-state index in [2.05, 4.69) is 10.3 Å². The van der Waals surface area contributed by atoms with E-state index in [-0.39, 0.29) is 12.3 Å². The minimum absolute atomic E-state index is 0.126. The number of alkyl halides is 1. The summed E-state index contributed by atoms with van der Waals surface area (Å²) in [5, 5.41) is 5.20. The molecule has 1 aromatic heterocycles. The summed E-state index contributed by atoms with van der Waals surface area (Å²) < 4.78 is 5.58. The van der Waals surface area contributed by atoms with Crippen LogP contribution in [0.25, 0.3) is 11.3 Å². The van der Waals surface area contributed by atoms with Crippen LogP contribution in [-0.2, 0) is 4.79 Å². The first kappa shape index (κ1) is 14.8. The summed E-state index contributed by atoms with van der Waals surface area (Å²) in [6.45, 7) is 2.54. The van der Waals surface area contributed by atoms with Crippen molar-refractivity contribution in [3.63, 3.8) is 0 Å². The molecule has 0 unspecified atom stereocenters. The SMILES string of the molecule is CCOc1ccccc1-c1csc(NC(=O)CCCl)n1. The van der Waals surface area contributed by atoms with Crippen molar-refractivity contribution in [3.05, 3.63) is 29.6 Å². The number of para-hydroxylation sites is 1. The number of anilines is 1. The van der Waals surface area contributed by atoms with E-state index < -0.39 is 0 Å². The molecule has 0 atom stereocenters. The number of nitrogens with one attached hydrogen (secondary N) is 1. The number of halogens is 1. The molecule has 106 valence electrons. The molecule has 0 bridgehead atoms. The number of amides is 1. The number of carbonyl (C=O) groups is 1. The molecule has 1 N–H and O–H groups in total. The van der Waals surface area contributed by atoms with E-state index in [1.54, 1.807) is 0 Å². The van der Waals surface area contributed by atoms with Gasteiger partial charge in [0.1, 0.15) is 5.75 Å². The Kier molecular flexibility index (Phi) is 5.38. The highest BCUT2D eigenvalue weighted by atomic mass is 35.5. The van der Waals surface area contributed by atoms with Crippen molar-refractivity contribution in [1.29, 1.82) is 0 Å². The molecule has 0 saturated heterocycles. The van der Waals surface area contributed by atoms with Gasteiger partial charge >= 0.3 is 0 Å². The van der Waals surface area contributed by atoms with Crippen LogP contribution in [0, 0.1) is 0 Å². The molecule has 1 amide bonds. The first-order valence-corrected chi connectivity index (χ1v) is 7.69. The van der Waals surface area contributed by atoms with Crippen molar-refractivity contribution >= 4 is 34.0 Å². The maximum atomic E-state index is 11.5. The van der Waals surface area contributed by atoms with Crippen molar-refractivity contribution < 1.29 is 9.53 Å². The average molecular weight is 311 g/mol. The smallest absolute Gasteiger partial charge is 0.227 e. The maximum Gasteiger partial charge on any atom is 0.227 e. The zero-order valence-corrected chi connectivity index (χ0v) is 12.6. The highest BCUT2D eigenvalue weighted by Crippen LogP contribution is 2.32. The molecule has 0 aliphatic heterocycles.